The zero-order chi connectivity index (χ0) is 21.2. The van der Waals surface area contributed by atoms with E-state index in [0.29, 0.717) is 44.2 Å². The van der Waals surface area contributed by atoms with Gasteiger partial charge < -0.3 is 18.8 Å². The van der Waals surface area contributed by atoms with Crippen molar-refractivity contribution in [3.05, 3.63) is 96.1 Å². The van der Waals surface area contributed by atoms with E-state index in [9.17, 15) is 9.59 Å². The predicted molar refractivity (Wildman–Crippen MR) is 118 cm³/mol. The highest BCUT2D eigenvalue weighted by molar-refractivity contribution is 5.99. The maximum absolute atomic E-state index is 13.5. The second kappa shape index (κ2) is 8.14. The molecule has 6 heteroatoms. The van der Waals surface area contributed by atoms with Crippen molar-refractivity contribution < 1.29 is 14.0 Å². The van der Waals surface area contributed by atoms with Gasteiger partial charge in [-0.3, -0.25) is 9.59 Å². The number of carbonyl (C=O) groups is 2. The molecule has 2 amide bonds. The molecule has 0 saturated carbocycles. The second-order valence-electron chi connectivity index (χ2n) is 7.72. The zero-order valence-electron chi connectivity index (χ0n) is 17.1. The normalized spacial score (nSPS) is 14.2. The first-order valence-corrected chi connectivity index (χ1v) is 10.4. The molecule has 6 nitrogen and oxygen atoms in total. The molecule has 1 fully saturated rings. The van der Waals surface area contributed by atoms with E-state index < -0.39 is 0 Å². The van der Waals surface area contributed by atoms with E-state index in [1.807, 2.05) is 47.4 Å². The van der Waals surface area contributed by atoms with Crippen molar-refractivity contribution in [3.8, 4) is 0 Å². The lowest BCUT2D eigenvalue weighted by Gasteiger charge is -2.34. The van der Waals surface area contributed by atoms with Gasteiger partial charge >= 0.3 is 0 Å². The van der Waals surface area contributed by atoms with Gasteiger partial charge in [-0.1, -0.05) is 48.5 Å². The molecule has 5 rings (SSSR count). The first-order chi connectivity index (χ1) is 15.2. The molecule has 3 heterocycles. The zero-order valence-corrected chi connectivity index (χ0v) is 17.1. The number of rotatable bonds is 4. The maximum Gasteiger partial charge on any atom is 0.289 e. The Labute approximate surface area is 180 Å². The van der Waals surface area contributed by atoms with Gasteiger partial charge in [-0.2, -0.15) is 0 Å². The topological polar surface area (TPSA) is 58.7 Å². The number of fused-ring (bicyclic) bond motifs is 1. The summed E-state index contributed by atoms with van der Waals surface area (Å²) in [6, 6.07) is 23.6. The summed E-state index contributed by atoms with van der Waals surface area (Å²) in [6.07, 6.45) is 1.50. The molecule has 1 saturated heterocycles. The average molecular weight is 413 g/mol. The molecule has 2 aromatic heterocycles. The minimum Gasteiger partial charge on any atom is -0.459 e. The van der Waals surface area contributed by atoms with Crippen LogP contribution in [0.1, 0.15) is 26.6 Å². The lowest BCUT2D eigenvalue weighted by atomic mass is 10.2. The predicted octanol–water partition coefficient (Wildman–Crippen LogP) is 3.88. The summed E-state index contributed by atoms with van der Waals surface area (Å²) in [5.74, 6) is 0.204. The molecule has 0 unspecified atom stereocenters. The molecule has 2 aromatic carbocycles. The number of amides is 2. The van der Waals surface area contributed by atoms with Crippen LogP contribution in [0, 0.1) is 0 Å². The number of para-hydroxylation sites is 1. The molecule has 0 N–H and O–H groups in total. The average Bonchev–Trinajstić information content (AvgIpc) is 3.48. The molecule has 1 aliphatic heterocycles. The standard InChI is InChI=1S/C25H23N3O3/c29-24(26-12-14-27(15-13-26)25(30)23-11-6-16-31-23)22-17-20-9-4-5-10-21(20)28(22)18-19-7-2-1-3-8-19/h1-11,16-17H,12-15,18H2. The fourth-order valence-electron chi connectivity index (χ4n) is 4.15. The summed E-state index contributed by atoms with van der Waals surface area (Å²) in [6.45, 7) is 2.61. The third-order valence-electron chi connectivity index (χ3n) is 5.80. The quantitative estimate of drug-likeness (QED) is 0.510. The van der Waals surface area contributed by atoms with Crippen LogP contribution in [0.25, 0.3) is 10.9 Å². The van der Waals surface area contributed by atoms with Crippen LogP contribution in [0.15, 0.2) is 83.5 Å². The van der Waals surface area contributed by atoms with Crippen LogP contribution in [-0.2, 0) is 6.54 Å². The second-order valence-corrected chi connectivity index (χ2v) is 7.72. The van der Waals surface area contributed by atoms with E-state index in [0.717, 1.165) is 16.5 Å². The smallest absolute Gasteiger partial charge is 0.289 e. The van der Waals surface area contributed by atoms with Gasteiger partial charge in [0.25, 0.3) is 11.8 Å². The van der Waals surface area contributed by atoms with Gasteiger partial charge in [-0.25, -0.2) is 0 Å². The van der Waals surface area contributed by atoms with E-state index in [1.54, 1.807) is 17.0 Å². The monoisotopic (exact) mass is 413 g/mol. The third-order valence-corrected chi connectivity index (χ3v) is 5.80. The number of aromatic nitrogens is 1. The largest absolute Gasteiger partial charge is 0.459 e. The van der Waals surface area contributed by atoms with Gasteiger partial charge in [0.2, 0.25) is 0 Å². The highest BCUT2D eigenvalue weighted by Crippen LogP contribution is 2.23. The van der Waals surface area contributed by atoms with Crippen molar-refractivity contribution in [2.75, 3.05) is 26.2 Å². The molecule has 0 bridgehead atoms. The highest BCUT2D eigenvalue weighted by Gasteiger charge is 2.28. The molecule has 0 aliphatic carbocycles. The highest BCUT2D eigenvalue weighted by atomic mass is 16.3. The van der Waals surface area contributed by atoms with Gasteiger partial charge in [0.05, 0.1) is 6.26 Å². The number of nitrogens with zero attached hydrogens (tertiary/aromatic N) is 3. The molecular weight excluding hydrogens is 390 g/mol. The van der Waals surface area contributed by atoms with Crippen LogP contribution in [-0.4, -0.2) is 52.4 Å². The SMILES string of the molecule is O=C(c1ccco1)N1CCN(C(=O)c2cc3ccccc3n2Cc2ccccc2)CC1. The Balaban J connectivity index is 1.38. The van der Waals surface area contributed by atoms with E-state index in [-0.39, 0.29) is 11.8 Å². The summed E-state index contributed by atoms with van der Waals surface area (Å²) >= 11 is 0. The third kappa shape index (κ3) is 3.72. The van der Waals surface area contributed by atoms with E-state index in [4.69, 9.17) is 4.42 Å². The van der Waals surface area contributed by atoms with Gasteiger partial charge in [-0.15, -0.1) is 0 Å². The van der Waals surface area contributed by atoms with Crippen molar-refractivity contribution in [2.45, 2.75) is 6.54 Å². The molecule has 1 aliphatic rings. The molecule has 156 valence electrons. The van der Waals surface area contributed by atoms with Crippen molar-refractivity contribution in [1.82, 2.24) is 14.4 Å². The lowest BCUT2D eigenvalue weighted by Crippen LogP contribution is -2.50. The minimum atomic E-state index is -0.129. The Hall–Kier alpha value is -3.80. The summed E-state index contributed by atoms with van der Waals surface area (Å²) < 4.78 is 7.31. The van der Waals surface area contributed by atoms with E-state index in [1.165, 1.54) is 6.26 Å². The first-order valence-electron chi connectivity index (χ1n) is 10.4. The Kier molecular flexibility index (Phi) is 5.04. The van der Waals surface area contributed by atoms with Crippen molar-refractivity contribution in [3.63, 3.8) is 0 Å². The van der Waals surface area contributed by atoms with Crippen molar-refractivity contribution >= 4 is 22.7 Å². The first kappa shape index (κ1) is 19.2. The minimum absolute atomic E-state index is 0.00257. The Morgan fingerprint density at radius 1 is 0.774 bits per heavy atom. The lowest BCUT2D eigenvalue weighted by molar-refractivity contribution is 0.0513. The summed E-state index contributed by atoms with van der Waals surface area (Å²) in [5, 5.41) is 1.05. The van der Waals surface area contributed by atoms with E-state index >= 15 is 0 Å². The van der Waals surface area contributed by atoms with Gasteiger partial charge in [0.15, 0.2) is 5.76 Å². The van der Waals surface area contributed by atoms with Crippen LogP contribution in [0.4, 0.5) is 0 Å². The molecule has 0 spiro atoms. The van der Waals surface area contributed by atoms with Gasteiger partial charge in [0.1, 0.15) is 5.69 Å². The summed E-state index contributed by atoms with van der Waals surface area (Å²) in [4.78, 5) is 29.5. The fourth-order valence-corrected chi connectivity index (χ4v) is 4.15. The number of hydrogen-bond acceptors (Lipinski definition) is 3. The maximum atomic E-state index is 13.5. The van der Waals surface area contributed by atoms with Gasteiger partial charge in [-0.05, 0) is 29.8 Å². The van der Waals surface area contributed by atoms with E-state index in [2.05, 4.69) is 22.8 Å². The summed E-state index contributed by atoms with van der Waals surface area (Å²) in [7, 11) is 0. The molecule has 4 aromatic rings. The van der Waals surface area contributed by atoms with Crippen molar-refractivity contribution in [1.29, 1.82) is 0 Å². The van der Waals surface area contributed by atoms with Crippen LogP contribution >= 0.6 is 0 Å². The molecular formula is C25H23N3O3. The number of furan rings is 1. The molecule has 0 radical (unpaired) electrons. The Morgan fingerprint density at radius 3 is 2.16 bits per heavy atom. The van der Waals surface area contributed by atoms with Crippen LogP contribution in [0.3, 0.4) is 0 Å². The number of piperazine rings is 1. The number of hydrogen-bond donors (Lipinski definition) is 0. The van der Waals surface area contributed by atoms with Crippen molar-refractivity contribution in [2.24, 2.45) is 0 Å². The number of benzene rings is 2. The Bertz CT molecular complexity index is 1200. The van der Waals surface area contributed by atoms with Crippen LogP contribution in [0.2, 0.25) is 0 Å². The molecule has 0 atom stereocenters. The molecule has 31 heavy (non-hydrogen) atoms. The number of carbonyl (C=O) groups excluding carboxylic acids is 2. The van der Waals surface area contributed by atoms with Crippen LogP contribution in [0.5, 0.6) is 0 Å². The van der Waals surface area contributed by atoms with Crippen LogP contribution < -0.4 is 0 Å². The Morgan fingerprint density at radius 2 is 1.45 bits per heavy atom. The van der Waals surface area contributed by atoms with Gasteiger partial charge in [0, 0.05) is 43.6 Å². The fraction of sp³-hybridized carbons (Fsp3) is 0.200. The summed E-state index contributed by atoms with van der Waals surface area (Å²) in [5.41, 5.74) is 2.86.